The van der Waals surface area contributed by atoms with Crippen molar-refractivity contribution >= 4 is 18.0 Å². The predicted molar refractivity (Wildman–Crippen MR) is 80.5 cm³/mol. The van der Waals surface area contributed by atoms with Gasteiger partial charge < -0.3 is 10.4 Å². The normalized spacial score (nSPS) is 12.5. The van der Waals surface area contributed by atoms with Crippen molar-refractivity contribution in [2.45, 2.75) is 32.6 Å². The molecule has 6 heteroatoms. The van der Waals surface area contributed by atoms with Crippen LogP contribution < -0.4 is 5.32 Å². The quantitative estimate of drug-likeness (QED) is 0.680. The highest BCUT2D eigenvalue weighted by molar-refractivity contribution is 5.91. The van der Waals surface area contributed by atoms with Crippen LogP contribution in [0, 0.1) is 5.92 Å². The lowest BCUT2D eigenvalue weighted by Crippen LogP contribution is -2.24. The Labute approximate surface area is 124 Å². The molecule has 1 heterocycles. The van der Waals surface area contributed by atoms with Crippen LogP contribution in [0.3, 0.4) is 0 Å². The number of carboxylic acids is 1. The summed E-state index contributed by atoms with van der Waals surface area (Å²) in [6.07, 6.45) is 9.27. The van der Waals surface area contributed by atoms with Crippen LogP contribution in [0.1, 0.15) is 38.2 Å². The Morgan fingerprint density at radius 1 is 1.48 bits per heavy atom. The van der Waals surface area contributed by atoms with Crippen LogP contribution >= 0.6 is 0 Å². The van der Waals surface area contributed by atoms with Gasteiger partial charge in [0.2, 0.25) is 5.91 Å². The van der Waals surface area contributed by atoms with Gasteiger partial charge in [0.1, 0.15) is 0 Å². The summed E-state index contributed by atoms with van der Waals surface area (Å²) >= 11 is 0. The van der Waals surface area contributed by atoms with E-state index in [-0.39, 0.29) is 12.3 Å². The molecule has 21 heavy (non-hydrogen) atoms. The Morgan fingerprint density at radius 3 is 2.81 bits per heavy atom. The lowest BCUT2D eigenvalue weighted by atomic mass is 9.97. The Kier molecular flexibility index (Phi) is 7.21. The van der Waals surface area contributed by atoms with Crippen molar-refractivity contribution in [2.24, 2.45) is 13.0 Å². The largest absolute Gasteiger partial charge is 0.481 e. The van der Waals surface area contributed by atoms with Crippen molar-refractivity contribution in [3.63, 3.8) is 0 Å². The molecular weight excluding hydrogens is 270 g/mol. The molecule has 1 unspecified atom stereocenters. The van der Waals surface area contributed by atoms with Crippen LogP contribution in [-0.2, 0) is 16.6 Å². The molecule has 1 rings (SSSR count). The van der Waals surface area contributed by atoms with Gasteiger partial charge in [-0.3, -0.25) is 14.3 Å². The monoisotopic (exact) mass is 293 g/mol. The van der Waals surface area contributed by atoms with E-state index in [4.69, 9.17) is 5.11 Å². The fourth-order valence-electron chi connectivity index (χ4n) is 2.04. The Balaban J connectivity index is 2.25. The summed E-state index contributed by atoms with van der Waals surface area (Å²) in [4.78, 5) is 22.2. The first-order chi connectivity index (χ1) is 10.0. The first-order valence-electron chi connectivity index (χ1n) is 7.17. The van der Waals surface area contributed by atoms with Gasteiger partial charge in [-0.1, -0.05) is 13.3 Å². The van der Waals surface area contributed by atoms with Crippen molar-refractivity contribution in [1.82, 2.24) is 15.1 Å². The highest BCUT2D eigenvalue weighted by Crippen LogP contribution is 2.14. The van der Waals surface area contributed by atoms with Crippen LogP contribution in [0.15, 0.2) is 18.5 Å². The van der Waals surface area contributed by atoms with Gasteiger partial charge in [0.05, 0.1) is 6.20 Å². The molecule has 1 amide bonds. The lowest BCUT2D eigenvalue weighted by molar-refractivity contribution is -0.137. The maximum absolute atomic E-state index is 11.6. The zero-order valence-corrected chi connectivity index (χ0v) is 12.6. The molecule has 1 aromatic heterocycles. The maximum atomic E-state index is 11.6. The summed E-state index contributed by atoms with van der Waals surface area (Å²) in [5.74, 6) is -0.576. The van der Waals surface area contributed by atoms with Crippen molar-refractivity contribution in [3.8, 4) is 0 Å². The van der Waals surface area contributed by atoms with E-state index in [1.54, 1.807) is 17.0 Å². The molecule has 2 N–H and O–H groups in total. The molecule has 0 radical (unpaired) electrons. The van der Waals surface area contributed by atoms with Gasteiger partial charge in [-0.25, -0.2) is 0 Å². The second kappa shape index (κ2) is 8.94. The number of carboxylic acid groups (broad SMARTS) is 1. The lowest BCUT2D eigenvalue weighted by Gasteiger charge is -2.13. The van der Waals surface area contributed by atoms with E-state index in [0.717, 1.165) is 18.4 Å². The number of rotatable bonds is 9. The first-order valence-corrected chi connectivity index (χ1v) is 7.17. The molecule has 1 aromatic rings. The van der Waals surface area contributed by atoms with E-state index in [9.17, 15) is 9.59 Å². The maximum Gasteiger partial charge on any atom is 0.303 e. The minimum absolute atomic E-state index is 0.146. The summed E-state index contributed by atoms with van der Waals surface area (Å²) in [6.45, 7) is 2.60. The number of carbonyl (C=O) groups excluding carboxylic acids is 1. The number of nitrogens with one attached hydrogen (secondary N) is 1. The molecule has 0 aromatic carbocycles. The molecule has 0 bridgehead atoms. The predicted octanol–water partition coefficient (Wildman–Crippen LogP) is 1.83. The third-order valence-electron chi connectivity index (χ3n) is 3.35. The van der Waals surface area contributed by atoms with Crippen molar-refractivity contribution in [3.05, 3.63) is 24.0 Å². The van der Waals surface area contributed by atoms with Crippen molar-refractivity contribution in [2.75, 3.05) is 6.54 Å². The number of hydrogen-bond donors (Lipinski definition) is 2. The van der Waals surface area contributed by atoms with E-state index in [1.165, 1.54) is 6.08 Å². The molecule has 0 spiro atoms. The number of aryl methyl sites for hydroxylation is 1. The second-order valence-corrected chi connectivity index (χ2v) is 5.07. The topological polar surface area (TPSA) is 84.2 Å². The zero-order valence-electron chi connectivity index (χ0n) is 12.6. The smallest absolute Gasteiger partial charge is 0.303 e. The minimum Gasteiger partial charge on any atom is -0.481 e. The van der Waals surface area contributed by atoms with Gasteiger partial charge in [0.15, 0.2) is 0 Å². The molecule has 0 saturated heterocycles. The molecule has 0 aliphatic rings. The van der Waals surface area contributed by atoms with E-state index in [1.807, 2.05) is 20.2 Å². The molecule has 0 saturated carbocycles. The highest BCUT2D eigenvalue weighted by atomic mass is 16.4. The molecule has 116 valence electrons. The zero-order chi connectivity index (χ0) is 15.7. The summed E-state index contributed by atoms with van der Waals surface area (Å²) in [6, 6.07) is 0. The fraction of sp³-hybridized carbons (Fsp3) is 0.533. The molecule has 0 aliphatic carbocycles. The summed E-state index contributed by atoms with van der Waals surface area (Å²) in [5.41, 5.74) is 0.876. The average Bonchev–Trinajstić information content (AvgIpc) is 2.86. The van der Waals surface area contributed by atoms with Crippen LogP contribution in [-0.4, -0.2) is 33.3 Å². The average molecular weight is 293 g/mol. The van der Waals surface area contributed by atoms with E-state index in [0.29, 0.717) is 18.9 Å². The van der Waals surface area contributed by atoms with Gasteiger partial charge in [0, 0.05) is 37.8 Å². The molecular formula is C15H23N3O3. The fourth-order valence-corrected chi connectivity index (χ4v) is 2.04. The van der Waals surface area contributed by atoms with E-state index >= 15 is 0 Å². The summed E-state index contributed by atoms with van der Waals surface area (Å²) in [5, 5.41) is 15.5. The van der Waals surface area contributed by atoms with Gasteiger partial charge in [-0.15, -0.1) is 0 Å². The third-order valence-corrected chi connectivity index (χ3v) is 3.35. The Hall–Kier alpha value is -2.11. The van der Waals surface area contributed by atoms with Crippen LogP contribution in [0.5, 0.6) is 0 Å². The number of aromatic nitrogens is 2. The molecule has 0 fully saturated rings. The number of carbonyl (C=O) groups is 2. The Morgan fingerprint density at radius 2 is 2.24 bits per heavy atom. The molecule has 6 nitrogen and oxygen atoms in total. The number of aliphatic carboxylic acids is 1. The second-order valence-electron chi connectivity index (χ2n) is 5.07. The standard InChI is InChI=1S/C15H23N3O3/c1-3-12(5-7-15(20)21)8-9-16-14(19)6-4-13-10-17-18(2)11-13/h4,6,10-12H,3,5,7-9H2,1-2H3,(H,16,19)(H,20,21). The number of nitrogens with zero attached hydrogens (tertiary/aromatic N) is 2. The summed E-state index contributed by atoms with van der Waals surface area (Å²) in [7, 11) is 1.82. The summed E-state index contributed by atoms with van der Waals surface area (Å²) < 4.78 is 1.67. The minimum atomic E-state index is -0.767. The van der Waals surface area contributed by atoms with Gasteiger partial charge in [0.25, 0.3) is 0 Å². The van der Waals surface area contributed by atoms with Gasteiger partial charge >= 0.3 is 5.97 Å². The van der Waals surface area contributed by atoms with Crippen LogP contribution in [0.25, 0.3) is 6.08 Å². The highest BCUT2D eigenvalue weighted by Gasteiger charge is 2.09. The van der Waals surface area contributed by atoms with Gasteiger partial charge in [-0.05, 0) is 24.8 Å². The first kappa shape index (κ1) is 16.9. The SMILES string of the molecule is CCC(CCNC(=O)C=Cc1cnn(C)c1)CCC(=O)O. The van der Waals surface area contributed by atoms with Crippen molar-refractivity contribution in [1.29, 1.82) is 0 Å². The van der Waals surface area contributed by atoms with E-state index < -0.39 is 5.97 Å². The Bertz CT molecular complexity index is 494. The third kappa shape index (κ3) is 7.29. The van der Waals surface area contributed by atoms with Crippen LogP contribution in [0.2, 0.25) is 0 Å². The van der Waals surface area contributed by atoms with Crippen molar-refractivity contribution < 1.29 is 14.7 Å². The molecule has 1 atom stereocenters. The molecule has 0 aliphatic heterocycles. The number of hydrogen-bond acceptors (Lipinski definition) is 3. The van der Waals surface area contributed by atoms with Gasteiger partial charge in [-0.2, -0.15) is 5.10 Å². The number of amides is 1. The van der Waals surface area contributed by atoms with E-state index in [2.05, 4.69) is 10.4 Å². The van der Waals surface area contributed by atoms with Crippen LogP contribution in [0.4, 0.5) is 0 Å².